The second-order valence-electron chi connectivity index (χ2n) is 4.69. The topological polar surface area (TPSA) is 97.3 Å². The number of hydrogen-bond donors (Lipinski definition) is 2. The first kappa shape index (κ1) is 12.5. The molecule has 1 amide bonds. The van der Waals surface area contributed by atoms with Crippen molar-refractivity contribution in [2.75, 3.05) is 29.0 Å². The average molecular weight is 273 g/mol. The molecule has 0 saturated carbocycles. The van der Waals surface area contributed by atoms with E-state index in [4.69, 9.17) is 5.73 Å². The van der Waals surface area contributed by atoms with Crippen LogP contribution in [0.3, 0.4) is 0 Å². The van der Waals surface area contributed by atoms with Gasteiger partial charge in [0, 0.05) is 24.5 Å². The van der Waals surface area contributed by atoms with Crippen LogP contribution in [0.15, 0.2) is 28.9 Å². The maximum Gasteiger partial charge on any atom is 0.281 e. The zero-order chi connectivity index (χ0) is 13.9. The van der Waals surface area contributed by atoms with Crippen LogP contribution in [0.5, 0.6) is 0 Å². The highest BCUT2D eigenvalue weighted by atomic mass is 16.6. The Balaban J connectivity index is 1.69. The van der Waals surface area contributed by atoms with Crippen LogP contribution in [0, 0.1) is 0 Å². The van der Waals surface area contributed by atoms with Gasteiger partial charge in [-0.15, -0.1) is 0 Å². The summed E-state index contributed by atoms with van der Waals surface area (Å²) in [5, 5.41) is 9.53. The Bertz CT molecular complexity index is 601. The summed E-state index contributed by atoms with van der Waals surface area (Å²) in [4.78, 5) is 14.2. The average Bonchev–Trinajstić information content (AvgIpc) is 3.10. The van der Waals surface area contributed by atoms with Gasteiger partial charge in [0.1, 0.15) is 0 Å². The highest BCUT2D eigenvalue weighted by Gasteiger charge is 2.16. The largest absolute Gasteiger partial charge is 0.379 e. The third kappa shape index (κ3) is 2.42. The lowest BCUT2D eigenvalue weighted by atomic mass is 10.2. The summed E-state index contributed by atoms with van der Waals surface area (Å²) in [6.07, 6.45) is 2.47. The van der Waals surface area contributed by atoms with Gasteiger partial charge in [0.15, 0.2) is 0 Å². The molecule has 7 nitrogen and oxygen atoms in total. The van der Waals surface area contributed by atoms with Crippen molar-refractivity contribution in [1.82, 2.24) is 10.3 Å². The first-order chi connectivity index (χ1) is 9.74. The molecule has 20 heavy (non-hydrogen) atoms. The van der Waals surface area contributed by atoms with Gasteiger partial charge in [0.05, 0.1) is 0 Å². The summed E-state index contributed by atoms with van der Waals surface area (Å²) in [6, 6.07) is 7.70. The van der Waals surface area contributed by atoms with Crippen molar-refractivity contribution < 1.29 is 9.42 Å². The number of hydrogen-bond acceptors (Lipinski definition) is 6. The van der Waals surface area contributed by atoms with Gasteiger partial charge in [-0.05, 0) is 47.4 Å². The number of nitrogen functional groups attached to an aromatic ring is 1. The van der Waals surface area contributed by atoms with Gasteiger partial charge >= 0.3 is 0 Å². The van der Waals surface area contributed by atoms with Crippen LogP contribution in [0.4, 0.5) is 17.2 Å². The first-order valence-electron chi connectivity index (χ1n) is 6.48. The quantitative estimate of drug-likeness (QED) is 0.879. The van der Waals surface area contributed by atoms with Crippen molar-refractivity contribution in [1.29, 1.82) is 0 Å². The van der Waals surface area contributed by atoms with Gasteiger partial charge in [0.2, 0.25) is 11.5 Å². The molecule has 2 aromatic rings. The zero-order valence-electron chi connectivity index (χ0n) is 10.9. The third-order valence-corrected chi connectivity index (χ3v) is 3.33. The lowest BCUT2D eigenvalue weighted by Gasteiger charge is -2.17. The van der Waals surface area contributed by atoms with Gasteiger partial charge in [-0.3, -0.25) is 4.79 Å². The fourth-order valence-corrected chi connectivity index (χ4v) is 2.27. The minimum absolute atomic E-state index is 0.00591. The molecule has 0 bridgehead atoms. The Kier molecular flexibility index (Phi) is 3.24. The number of rotatable bonds is 3. The molecular weight excluding hydrogens is 258 g/mol. The van der Waals surface area contributed by atoms with E-state index >= 15 is 0 Å². The van der Waals surface area contributed by atoms with Crippen LogP contribution >= 0.6 is 0 Å². The van der Waals surface area contributed by atoms with Crippen molar-refractivity contribution in [3.63, 3.8) is 0 Å². The number of amides is 1. The van der Waals surface area contributed by atoms with Crippen molar-refractivity contribution in [3.05, 3.63) is 30.0 Å². The molecule has 2 heterocycles. The zero-order valence-corrected chi connectivity index (χ0v) is 10.9. The van der Waals surface area contributed by atoms with Crippen molar-refractivity contribution in [2.45, 2.75) is 12.8 Å². The summed E-state index contributed by atoms with van der Waals surface area (Å²) in [5.74, 6) is -0.450. The molecule has 3 N–H and O–H groups in total. The first-order valence-corrected chi connectivity index (χ1v) is 6.48. The van der Waals surface area contributed by atoms with Gasteiger partial charge in [-0.2, -0.15) is 0 Å². The summed E-state index contributed by atoms with van der Waals surface area (Å²) < 4.78 is 4.40. The second-order valence-corrected chi connectivity index (χ2v) is 4.69. The monoisotopic (exact) mass is 273 g/mol. The molecular formula is C13H15N5O2. The highest BCUT2D eigenvalue weighted by Crippen LogP contribution is 2.22. The van der Waals surface area contributed by atoms with Crippen LogP contribution in [0.25, 0.3) is 0 Å². The molecule has 1 aromatic heterocycles. The van der Waals surface area contributed by atoms with Gasteiger partial charge in [-0.1, -0.05) is 0 Å². The van der Waals surface area contributed by atoms with Crippen LogP contribution < -0.4 is 16.0 Å². The molecule has 1 aliphatic heterocycles. The molecule has 0 radical (unpaired) electrons. The Hall–Kier alpha value is -2.57. The van der Waals surface area contributed by atoms with E-state index < -0.39 is 5.91 Å². The van der Waals surface area contributed by atoms with Crippen LogP contribution in [-0.2, 0) is 0 Å². The molecule has 1 aromatic carbocycles. The molecule has 0 aliphatic carbocycles. The molecule has 1 aliphatic rings. The lowest BCUT2D eigenvalue weighted by Crippen LogP contribution is -2.18. The SMILES string of the molecule is Nc1nonc1C(=O)Nc1ccc(N2CCCC2)cc1. The maximum atomic E-state index is 11.9. The molecule has 0 unspecified atom stereocenters. The maximum absolute atomic E-state index is 11.9. The Labute approximate surface area is 115 Å². The lowest BCUT2D eigenvalue weighted by molar-refractivity contribution is 0.101. The van der Waals surface area contributed by atoms with Crippen LogP contribution in [0.1, 0.15) is 23.3 Å². The van der Waals surface area contributed by atoms with E-state index in [2.05, 4.69) is 25.2 Å². The number of aromatic nitrogens is 2. The predicted molar refractivity (Wildman–Crippen MR) is 74.6 cm³/mol. The molecule has 104 valence electrons. The van der Waals surface area contributed by atoms with Crippen molar-refractivity contribution in [3.8, 4) is 0 Å². The summed E-state index contributed by atoms with van der Waals surface area (Å²) in [5.41, 5.74) is 7.31. The normalized spacial score (nSPS) is 14.5. The van der Waals surface area contributed by atoms with E-state index in [-0.39, 0.29) is 11.5 Å². The van der Waals surface area contributed by atoms with E-state index in [1.165, 1.54) is 18.5 Å². The molecule has 1 fully saturated rings. The van der Waals surface area contributed by atoms with E-state index in [1.54, 1.807) is 0 Å². The van der Waals surface area contributed by atoms with E-state index in [0.717, 1.165) is 13.1 Å². The summed E-state index contributed by atoms with van der Waals surface area (Å²) in [7, 11) is 0. The number of nitrogens with zero attached hydrogens (tertiary/aromatic N) is 3. The third-order valence-electron chi connectivity index (χ3n) is 3.33. The molecule has 0 spiro atoms. The Morgan fingerprint density at radius 2 is 1.90 bits per heavy atom. The van der Waals surface area contributed by atoms with Gasteiger partial charge < -0.3 is 16.0 Å². The van der Waals surface area contributed by atoms with Crippen molar-refractivity contribution in [2.24, 2.45) is 0 Å². The minimum atomic E-state index is -0.433. The standard InChI is InChI=1S/C13H15N5O2/c14-12-11(16-20-17-12)13(19)15-9-3-5-10(6-4-9)18-7-1-2-8-18/h3-6H,1-2,7-8H2,(H2,14,17)(H,15,19). The molecule has 7 heteroatoms. The smallest absolute Gasteiger partial charge is 0.281 e. The number of nitrogens with two attached hydrogens (primary N) is 1. The number of carbonyl (C=O) groups is 1. The fraction of sp³-hybridized carbons (Fsp3) is 0.308. The summed E-state index contributed by atoms with van der Waals surface area (Å²) >= 11 is 0. The molecule has 0 atom stereocenters. The Morgan fingerprint density at radius 3 is 2.50 bits per heavy atom. The van der Waals surface area contributed by atoms with Crippen LogP contribution in [-0.4, -0.2) is 29.3 Å². The number of nitrogens with one attached hydrogen (secondary N) is 1. The minimum Gasteiger partial charge on any atom is -0.379 e. The van der Waals surface area contributed by atoms with E-state index in [1.807, 2.05) is 24.3 Å². The highest BCUT2D eigenvalue weighted by molar-refractivity contribution is 6.05. The van der Waals surface area contributed by atoms with E-state index in [0.29, 0.717) is 5.69 Å². The summed E-state index contributed by atoms with van der Waals surface area (Å²) in [6.45, 7) is 2.18. The van der Waals surface area contributed by atoms with Crippen molar-refractivity contribution >= 4 is 23.1 Å². The van der Waals surface area contributed by atoms with E-state index in [9.17, 15) is 4.79 Å². The number of anilines is 3. The van der Waals surface area contributed by atoms with Gasteiger partial charge in [0.25, 0.3) is 5.91 Å². The second kappa shape index (κ2) is 5.20. The van der Waals surface area contributed by atoms with Crippen LogP contribution in [0.2, 0.25) is 0 Å². The number of carbonyl (C=O) groups excluding carboxylic acids is 1. The number of benzene rings is 1. The molecule has 1 saturated heterocycles. The molecule has 3 rings (SSSR count). The predicted octanol–water partition coefficient (Wildman–Crippen LogP) is 1.50. The van der Waals surface area contributed by atoms with Gasteiger partial charge in [-0.25, -0.2) is 4.63 Å². The fourth-order valence-electron chi connectivity index (χ4n) is 2.27. The Morgan fingerprint density at radius 1 is 1.20 bits per heavy atom.